The van der Waals surface area contributed by atoms with Crippen molar-refractivity contribution < 1.29 is 9.32 Å². The Morgan fingerprint density at radius 3 is 2.59 bits per heavy atom. The van der Waals surface area contributed by atoms with Gasteiger partial charge in [-0.05, 0) is 24.6 Å². The summed E-state index contributed by atoms with van der Waals surface area (Å²) in [4.78, 5) is 18.0. The lowest BCUT2D eigenvalue weighted by Gasteiger charge is -2.21. The van der Waals surface area contributed by atoms with E-state index >= 15 is 0 Å². The number of nitrogens with one attached hydrogen (secondary N) is 1. The van der Waals surface area contributed by atoms with Gasteiger partial charge in [0.05, 0.1) is 18.3 Å². The molecule has 3 rings (SSSR count). The summed E-state index contributed by atoms with van der Waals surface area (Å²) < 4.78 is 6.96. The predicted molar refractivity (Wildman–Crippen MR) is 100 cm³/mol. The lowest BCUT2D eigenvalue weighted by atomic mass is 10.1. The Balaban J connectivity index is 1.57. The molecule has 8 nitrogen and oxygen atoms in total. The van der Waals surface area contributed by atoms with Gasteiger partial charge in [-0.15, -0.1) is 0 Å². The summed E-state index contributed by atoms with van der Waals surface area (Å²) in [5.41, 5.74) is 2.66. The summed E-state index contributed by atoms with van der Waals surface area (Å²) in [5, 5.41) is 11.1. The van der Waals surface area contributed by atoms with E-state index in [9.17, 15) is 4.79 Å². The van der Waals surface area contributed by atoms with E-state index in [0.717, 1.165) is 22.7 Å². The maximum Gasteiger partial charge on any atom is 0.317 e. The van der Waals surface area contributed by atoms with E-state index < -0.39 is 0 Å². The van der Waals surface area contributed by atoms with Crippen LogP contribution in [0, 0.1) is 0 Å². The first-order valence-corrected chi connectivity index (χ1v) is 8.86. The SMILES string of the molecule is CC(C)c1cc(CN(C)C(=O)N[C@@H](C)c2ccc(-n3cncn3)cc2)no1. The molecule has 1 aromatic carbocycles. The highest BCUT2D eigenvalue weighted by Gasteiger charge is 2.16. The van der Waals surface area contributed by atoms with Crippen LogP contribution >= 0.6 is 0 Å². The van der Waals surface area contributed by atoms with Gasteiger partial charge in [0.25, 0.3) is 0 Å². The fraction of sp³-hybridized carbons (Fsp3) is 0.368. The molecule has 0 unspecified atom stereocenters. The molecule has 0 aliphatic carbocycles. The first-order chi connectivity index (χ1) is 12.9. The summed E-state index contributed by atoms with van der Waals surface area (Å²) >= 11 is 0. The van der Waals surface area contributed by atoms with E-state index in [1.165, 1.54) is 6.33 Å². The van der Waals surface area contributed by atoms with Crippen molar-refractivity contribution in [1.29, 1.82) is 0 Å². The van der Waals surface area contributed by atoms with Gasteiger partial charge in [0.2, 0.25) is 0 Å². The van der Waals surface area contributed by atoms with Crippen molar-refractivity contribution in [2.75, 3.05) is 7.05 Å². The van der Waals surface area contributed by atoms with Crippen LogP contribution in [0.1, 0.15) is 49.7 Å². The van der Waals surface area contributed by atoms with E-state index in [4.69, 9.17) is 4.52 Å². The van der Waals surface area contributed by atoms with E-state index in [1.54, 1.807) is 23.0 Å². The zero-order chi connectivity index (χ0) is 19.4. The molecule has 2 amide bonds. The quantitative estimate of drug-likeness (QED) is 0.721. The normalized spacial score (nSPS) is 12.2. The molecule has 8 heteroatoms. The summed E-state index contributed by atoms with van der Waals surface area (Å²) in [5.74, 6) is 1.09. The molecule has 27 heavy (non-hydrogen) atoms. The zero-order valence-electron chi connectivity index (χ0n) is 16.0. The third kappa shape index (κ3) is 4.52. The van der Waals surface area contributed by atoms with Crippen molar-refractivity contribution >= 4 is 6.03 Å². The van der Waals surface area contributed by atoms with Gasteiger partial charge in [-0.25, -0.2) is 14.5 Å². The standard InChI is InChI=1S/C19H24N6O2/c1-13(2)18-9-16(23-27-18)10-24(4)19(26)22-14(3)15-5-7-17(8-6-15)25-12-20-11-21-25/h5-9,11-14H,10H2,1-4H3,(H,22,26)/t14-/m0/s1. The van der Waals surface area contributed by atoms with Crippen molar-refractivity contribution in [1.82, 2.24) is 30.1 Å². The third-order valence-electron chi connectivity index (χ3n) is 4.31. The van der Waals surface area contributed by atoms with Crippen LogP contribution in [-0.2, 0) is 6.54 Å². The van der Waals surface area contributed by atoms with Gasteiger partial charge in [0.15, 0.2) is 0 Å². The molecule has 0 spiro atoms. The molecule has 0 bridgehead atoms. The van der Waals surface area contributed by atoms with Crippen molar-refractivity contribution in [3.8, 4) is 5.69 Å². The summed E-state index contributed by atoms with van der Waals surface area (Å²) in [7, 11) is 1.74. The predicted octanol–water partition coefficient (Wildman–Crippen LogP) is 3.28. The molecule has 2 heterocycles. The van der Waals surface area contributed by atoms with Gasteiger partial charge < -0.3 is 14.7 Å². The monoisotopic (exact) mass is 368 g/mol. The minimum atomic E-state index is -0.169. The number of carbonyl (C=O) groups excluding carboxylic acids is 1. The van der Waals surface area contributed by atoms with Gasteiger partial charge >= 0.3 is 6.03 Å². The number of hydrogen-bond acceptors (Lipinski definition) is 5. The second kappa shape index (κ2) is 8.03. The highest BCUT2D eigenvalue weighted by atomic mass is 16.5. The number of urea groups is 1. The van der Waals surface area contributed by atoms with Crippen molar-refractivity contribution in [2.45, 2.75) is 39.3 Å². The van der Waals surface area contributed by atoms with E-state index in [2.05, 4.69) is 20.6 Å². The molecular formula is C19H24N6O2. The first kappa shape index (κ1) is 18.6. The number of rotatable bonds is 6. The van der Waals surface area contributed by atoms with Crippen LogP contribution in [-0.4, -0.2) is 37.9 Å². The highest BCUT2D eigenvalue weighted by molar-refractivity contribution is 5.74. The summed E-state index contributed by atoms with van der Waals surface area (Å²) in [6, 6.07) is 9.41. The molecule has 0 aliphatic rings. The van der Waals surface area contributed by atoms with Gasteiger partial charge in [-0.2, -0.15) is 5.10 Å². The van der Waals surface area contributed by atoms with E-state index in [0.29, 0.717) is 6.54 Å². The number of aromatic nitrogens is 4. The second-order valence-corrected chi connectivity index (χ2v) is 6.83. The Labute approximate surface area is 158 Å². The molecule has 1 N–H and O–H groups in total. The molecule has 1 atom stereocenters. The van der Waals surface area contributed by atoms with Gasteiger partial charge in [-0.3, -0.25) is 0 Å². The smallest absolute Gasteiger partial charge is 0.317 e. The molecule has 3 aromatic rings. The third-order valence-corrected chi connectivity index (χ3v) is 4.31. The number of carbonyl (C=O) groups is 1. The minimum Gasteiger partial charge on any atom is -0.361 e. The Morgan fingerprint density at radius 1 is 1.26 bits per heavy atom. The number of nitrogens with zero attached hydrogens (tertiary/aromatic N) is 5. The number of hydrogen-bond donors (Lipinski definition) is 1. The molecule has 0 fully saturated rings. The van der Waals surface area contributed by atoms with Crippen LogP contribution in [0.25, 0.3) is 5.69 Å². The topological polar surface area (TPSA) is 89.1 Å². The van der Waals surface area contributed by atoms with E-state index in [1.807, 2.05) is 51.1 Å². The summed E-state index contributed by atoms with van der Waals surface area (Å²) in [6.07, 6.45) is 3.13. The second-order valence-electron chi connectivity index (χ2n) is 6.83. The minimum absolute atomic E-state index is 0.131. The largest absolute Gasteiger partial charge is 0.361 e. The maximum atomic E-state index is 12.5. The lowest BCUT2D eigenvalue weighted by molar-refractivity contribution is 0.202. The molecule has 2 aromatic heterocycles. The Morgan fingerprint density at radius 2 is 2.00 bits per heavy atom. The fourth-order valence-electron chi connectivity index (χ4n) is 2.63. The van der Waals surface area contributed by atoms with Crippen molar-refractivity contribution in [3.05, 3.63) is 60.0 Å². The van der Waals surface area contributed by atoms with Crippen LogP contribution in [0.3, 0.4) is 0 Å². The van der Waals surface area contributed by atoms with Crippen molar-refractivity contribution in [3.63, 3.8) is 0 Å². The van der Waals surface area contributed by atoms with Gasteiger partial charge in [0, 0.05) is 19.0 Å². The first-order valence-electron chi connectivity index (χ1n) is 8.86. The zero-order valence-corrected chi connectivity index (χ0v) is 16.0. The molecule has 0 aliphatic heterocycles. The molecule has 0 saturated heterocycles. The molecule has 0 saturated carbocycles. The average molecular weight is 368 g/mol. The van der Waals surface area contributed by atoms with Crippen LogP contribution < -0.4 is 5.32 Å². The highest BCUT2D eigenvalue weighted by Crippen LogP contribution is 2.17. The van der Waals surface area contributed by atoms with Crippen LogP contribution in [0.5, 0.6) is 0 Å². The van der Waals surface area contributed by atoms with E-state index in [-0.39, 0.29) is 18.0 Å². The van der Waals surface area contributed by atoms with Gasteiger partial charge in [-0.1, -0.05) is 31.1 Å². The Hall–Kier alpha value is -3.16. The number of amides is 2. The summed E-state index contributed by atoms with van der Waals surface area (Å²) in [6.45, 7) is 6.41. The fourth-order valence-corrected chi connectivity index (χ4v) is 2.63. The maximum absolute atomic E-state index is 12.5. The molecule has 0 radical (unpaired) electrons. The lowest BCUT2D eigenvalue weighted by Crippen LogP contribution is -2.38. The van der Waals surface area contributed by atoms with Crippen LogP contribution in [0.4, 0.5) is 4.79 Å². The molecule has 142 valence electrons. The van der Waals surface area contributed by atoms with Crippen LogP contribution in [0.2, 0.25) is 0 Å². The molecular weight excluding hydrogens is 344 g/mol. The Bertz CT molecular complexity index is 870. The van der Waals surface area contributed by atoms with Gasteiger partial charge in [0.1, 0.15) is 24.1 Å². The Kier molecular flexibility index (Phi) is 5.54. The van der Waals surface area contributed by atoms with Crippen LogP contribution in [0.15, 0.2) is 47.5 Å². The average Bonchev–Trinajstić information content (AvgIpc) is 3.33. The van der Waals surface area contributed by atoms with Crippen molar-refractivity contribution in [2.24, 2.45) is 0 Å². The number of benzene rings is 1.